The summed E-state index contributed by atoms with van der Waals surface area (Å²) >= 11 is 0. The molecule has 0 N–H and O–H groups in total. The SMILES string of the molecule is Cc1c(C(=O)N(C)c2ccnnc2)cnn1C1CCCC(F)(F)C1. The Labute approximate surface area is 138 Å². The maximum atomic E-state index is 13.7. The van der Waals surface area contributed by atoms with Crippen LogP contribution in [0.25, 0.3) is 0 Å². The third-order valence-corrected chi connectivity index (χ3v) is 4.50. The fraction of sp³-hybridized carbons (Fsp3) is 0.500. The minimum absolute atomic E-state index is 0.0760. The van der Waals surface area contributed by atoms with Gasteiger partial charge in [0.05, 0.1) is 35.9 Å². The third kappa shape index (κ3) is 3.13. The lowest BCUT2D eigenvalue weighted by Gasteiger charge is -2.29. The third-order valence-electron chi connectivity index (χ3n) is 4.50. The van der Waals surface area contributed by atoms with Crippen LogP contribution in [-0.4, -0.2) is 38.9 Å². The first kappa shape index (κ1) is 16.5. The Morgan fingerprint density at radius 1 is 1.38 bits per heavy atom. The van der Waals surface area contributed by atoms with E-state index >= 15 is 0 Å². The molecule has 0 saturated heterocycles. The Bertz CT molecular complexity index is 731. The van der Waals surface area contributed by atoms with Crippen LogP contribution in [0, 0.1) is 6.92 Å². The maximum absolute atomic E-state index is 13.7. The largest absolute Gasteiger partial charge is 0.310 e. The highest BCUT2D eigenvalue weighted by molar-refractivity contribution is 6.06. The second-order valence-electron chi connectivity index (χ2n) is 6.16. The Kier molecular flexibility index (Phi) is 4.29. The highest BCUT2D eigenvalue weighted by atomic mass is 19.3. The van der Waals surface area contributed by atoms with Crippen LogP contribution in [0.1, 0.15) is 47.8 Å². The van der Waals surface area contributed by atoms with Crippen molar-refractivity contribution in [2.24, 2.45) is 0 Å². The Morgan fingerprint density at radius 3 is 2.83 bits per heavy atom. The lowest BCUT2D eigenvalue weighted by molar-refractivity contribution is -0.0514. The first-order valence-electron chi connectivity index (χ1n) is 7.86. The van der Waals surface area contributed by atoms with Crippen LogP contribution in [0.5, 0.6) is 0 Å². The van der Waals surface area contributed by atoms with Crippen molar-refractivity contribution < 1.29 is 13.6 Å². The number of carbonyl (C=O) groups excluding carboxylic acids is 1. The van der Waals surface area contributed by atoms with Gasteiger partial charge in [0.2, 0.25) is 5.92 Å². The van der Waals surface area contributed by atoms with Crippen LogP contribution in [0.4, 0.5) is 14.5 Å². The highest BCUT2D eigenvalue weighted by Crippen LogP contribution is 2.39. The van der Waals surface area contributed by atoms with E-state index in [0.717, 1.165) is 0 Å². The van der Waals surface area contributed by atoms with Crippen LogP contribution in [-0.2, 0) is 0 Å². The van der Waals surface area contributed by atoms with E-state index in [2.05, 4.69) is 15.3 Å². The second kappa shape index (κ2) is 6.26. The molecular formula is C16H19F2N5O. The molecule has 1 aliphatic rings. The number of anilines is 1. The average Bonchev–Trinajstić information content (AvgIpc) is 2.95. The molecule has 2 aromatic rings. The number of hydrogen-bond donors (Lipinski definition) is 0. The van der Waals surface area contributed by atoms with Crippen molar-refractivity contribution >= 4 is 11.6 Å². The molecule has 0 aliphatic heterocycles. The number of carbonyl (C=O) groups is 1. The number of nitrogens with zero attached hydrogens (tertiary/aromatic N) is 5. The van der Waals surface area contributed by atoms with E-state index in [1.807, 2.05) is 0 Å². The summed E-state index contributed by atoms with van der Waals surface area (Å²) in [7, 11) is 1.63. The number of aromatic nitrogens is 4. The molecule has 2 aromatic heterocycles. The van der Waals surface area contributed by atoms with Gasteiger partial charge in [0.15, 0.2) is 0 Å². The van der Waals surface area contributed by atoms with Gasteiger partial charge in [-0.25, -0.2) is 8.78 Å². The second-order valence-corrected chi connectivity index (χ2v) is 6.16. The smallest absolute Gasteiger partial charge is 0.261 e. The zero-order valence-corrected chi connectivity index (χ0v) is 13.6. The fourth-order valence-electron chi connectivity index (χ4n) is 3.14. The van der Waals surface area contributed by atoms with E-state index in [1.54, 1.807) is 24.7 Å². The van der Waals surface area contributed by atoms with Crippen molar-refractivity contribution in [3.63, 3.8) is 0 Å². The van der Waals surface area contributed by atoms with Gasteiger partial charge in [-0.3, -0.25) is 9.48 Å². The quantitative estimate of drug-likeness (QED) is 0.865. The fourth-order valence-corrected chi connectivity index (χ4v) is 3.14. The number of rotatable bonds is 3. The van der Waals surface area contributed by atoms with E-state index in [9.17, 15) is 13.6 Å². The van der Waals surface area contributed by atoms with Crippen LogP contribution >= 0.6 is 0 Å². The van der Waals surface area contributed by atoms with E-state index in [4.69, 9.17) is 0 Å². The molecule has 1 aliphatic carbocycles. The maximum Gasteiger partial charge on any atom is 0.261 e. The molecule has 24 heavy (non-hydrogen) atoms. The van der Waals surface area contributed by atoms with Gasteiger partial charge < -0.3 is 4.90 Å². The summed E-state index contributed by atoms with van der Waals surface area (Å²) in [6, 6.07) is 1.30. The molecule has 1 amide bonds. The van der Waals surface area contributed by atoms with Gasteiger partial charge >= 0.3 is 0 Å². The van der Waals surface area contributed by atoms with Gasteiger partial charge in [0, 0.05) is 25.6 Å². The molecule has 3 rings (SSSR count). The Balaban J connectivity index is 1.83. The van der Waals surface area contributed by atoms with Crippen molar-refractivity contribution in [1.29, 1.82) is 0 Å². The molecule has 2 heterocycles. The Hall–Kier alpha value is -2.38. The van der Waals surface area contributed by atoms with Crippen molar-refractivity contribution in [2.45, 2.75) is 44.6 Å². The number of amides is 1. The predicted molar refractivity (Wildman–Crippen MR) is 84.2 cm³/mol. The zero-order valence-electron chi connectivity index (χ0n) is 13.6. The van der Waals surface area contributed by atoms with E-state index < -0.39 is 5.92 Å². The molecule has 0 spiro atoms. The molecule has 0 radical (unpaired) electrons. The van der Waals surface area contributed by atoms with Crippen molar-refractivity contribution in [2.75, 3.05) is 11.9 Å². The lowest BCUT2D eigenvalue weighted by atomic mass is 9.92. The number of hydrogen-bond acceptors (Lipinski definition) is 4. The Morgan fingerprint density at radius 2 is 2.17 bits per heavy atom. The van der Waals surface area contributed by atoms with Gasteiger partial charge in [-0.2, -0.15) is 15.3 Å². The van der Waals surface area contributed by atoms with Crippen LogP contribution in [0.3, 0.4) is 0 Å². The summed E-state index contributed by atoms with van der Waals surface area (Å²) in [6.45, 7) is 1.74. The first-order chi connectivity index (χ1) is 11.4. The molecule has 0 aromatic carbocycles. The average molecular weight is 335 g/mol. The summed E-state index contributed by atoms with van der Waals surface area (Å²) in [5.74, 6) is -2.92. The summed E-state index contributed by atoms with van der Waals surface area (Å²) in [6.07, 6.45) is 5.24. The molecule has 1 atom stereocenters. The molecule has 128 valence electrons. The van der Waals surface area contributed by atoms with Gasteiger partial charge in [-0.05, 0) is 25.8 Å². The van der Waals surface area contributed by atoms with E-state index in [1.165, 1.54) is 23.5 Å². The molecule has 1 unspecified atom stereocenters. The standard InChI is InChI=1S/C16H19F2N5O/c1-11-14(15(24)22(2)13-5-7-19-20-9-13)10-21-23(11)12-4-3-6-16(17,18)8-12/h5,7,9-10,12H,3-4,6,8H2,1-2H3. The van der Waals surface area contributed by atoms with Crippen LogP contribution in [0.15, 0.2) is 24.7 Å². The molecule has 8 heteroatoms. The lowest BCUT2D eigenvalue weighted by Crippen LogP contribution is -2.30. The molecule has 1 fully saturated rings. The molecule has 6 nitrogen and oxygen atoms in total. The highest BCUT2D eigenvalue weighted by Gasteiger charge is 2.38. The monoisotopic (exact) mass is 335 g/mol. The first-order valence-corrected chi connectivity index (χ1v) is 7.86. The van der Waals surface area contributed by atoms with Crippen LogP contribution < -0.4 is 4.90 Å². The normalized spacial score (nSPS) is 19.9. The van der Waals surface area contributed by atoms with E-state index in [-0.39, 0.29) is 24.8 Å². The summed E-state index contributed by atoms with van der Waals surface area (Å²) in [4.78, 5) is 14.1. The summed E-state index contributed by atoms with van der Waals surface area (Å²) < 4.78 is 28.9. The van der Waals surface area contributed by atoms with Gasteiger partial charge in [0.25, 0.3) is 5.91 Å². The molecular weight excluding hydrogens is 316 g/mol. The van der Waals surface area contributed by atoms with Crippen LogP contribution in [0.2, 0.25) is 0 Å². The van der Waals surface area contributed by atoms with E-state index in [0.29, 0.717) is 29.8 Å². The van der Waals surface area contributed by atoms with Crippen molar-refractivity contribution in [1.82, 2.24) is 20.0 Å². The van der Waals surface area contributed by atoms with Gasteiger partial charge in [-0.1, -0.05) is 0 Å². The summed E-state index contributed by atoms with van der Waals surface area (Å²) in [5, 5.41) is 11.6. The molecule has 0 bridgehead atoms. The number of halogens is 2. The van der Waals surface area contributed by atoms with Gasteiger partial charge in [0.1, 0.15) is 0 Å². The van der Waals surface area contributed by atoms with Gasteiger partial charge in [-0.15, -0.1) is 0 Å². The topological polar surface area (TPSA) is 63.9 Å². The minimum Gasteiger partial charge on any atom is -0.310 e. The minimum atomic E-state index is -2.66. The zero-order chi connectivity index (χ0) is 17.3. The predicted octanol–water partition coefficient (Wildman–Crippen LogP) is 3.01. The van der Waals surface area contributed by atoms with Crippen molar-refractivity contribution in [3.8, 4) is 0 Å². The van der Waals surface area contributed by atoms with Crippen molar-refractivity contribution in [3.05, 3.63) is 35.9 Å². The number of alkyl halides is 2. The molecule has 1 saturated carbocycles. The summed E-state index contributed by atoms with van der Waals surface area (Å²) in [5.41, 5.74) is 1.62.